The quantitative estimate of drug-likeness (QED) is 0.556. The number of ketones is 1. The second kappa shape index (κ2) is 7.43. The van der Waals surface area contributed by atoms with Crippen LogP contribution in [0.2, 0.25) is 0 Å². The number of nitriles is 1. The molecular weight excluding hydrogens is 403 g/mol. The van der Waals surface area contributed by atoms with E-state index in [1.807, 2.05) is 6.92 Å². The van der Waals surface area contributed by atoms with Crippen molar-refractivity contribution in [3.8, 4) is 6.07 Å². The molecule has 21 heavy (non-hydrogen) atoms. The molecule has 3 nitrogen and oxygen atoms in total. The molecule has 0 aliphatic heterocycles. The van der Waals surface area contributed by atoms with Crippen LogP contribution in [0.15, 0.2) is 36.5 Å². The number of aryl methyl sites for hydroxylation is 1. The number of carbonyl (C=O) groups excluding carboxylic acids is 1. The number of alkyl halides is 1. The van der Waals surface area contributed by atoms with E-state index in [1.54, 1.807) is 24.4 Å². The molecule has 2 aromatic rings. The van der Waals surface area contributed by atoms with Crippen LogP contribution in [0.4, 0.5) is 4.39 Å². The Balaban J connectivity index is 0.00000220. The first-order valence-electron chi connectivity index (χ1n) is 5.84. The standard InChI is InChI=1S/C15H10BrFN2O.BrH/c1-9-12(3-2-6-19-9)14(16)15(20)10-4-5-13(17)11(7-10)8-18;/h2-7,14H,1H3;1H/t14-;/m0./s1. The molecule has 0 aliphatic carbocycles. The van der Waals surface area contributed by atoms with Gasteiger partial charge in [-0.05, 0) is 36.8 Å². The van der Waals surface area contributed by atoms with Gasteiger partial charge in [-0.15, -0.1) is 17.0 Å². The third-order valence-corrected chi connectivity index (χ3v) is 3.83. The molecule has 0 amide bonds. The fourth-order valence-electron chi connectivity index (χ4n) is 1.82. The maximum absolute atomic E-state index is 13.3. The van der Waals surface area contributed by atoms with Crippen LogP contribution in [-0.2, 0) is 0 Å². The maximum atomic E-state index is 13.3. The lowest BCUT2D eigenvalue weighted by Gasteiger charge is -2.11. The van der Waals surface area contributed by atoms with Gasteiger partial charge in [0.15, 0.2) is 5.78 Å². The average molecular weight is 414 g/mol. The van der Waals surface area contributed by atoms with Crippen LogP contribution in [0.5, 0.6) is 0 Å². The Bertz CT molecular complexity index is 713. The van der Waals surface area contributed by atoms with Crippen molar-refractivity contribution in [1.82, 2.24) is 4.98 Å². The third kappa shape index (κ3) is 3.74. The zero-order valence-electron chi connectivity index (χ0n) is 11.0. The van der Waals surface area contributed by atoms with E-state index in [9.17, 15) is 9.18 Å². The van der Waals surface area contributed by atoms with Crippen molar-refractivity contribution in [1.29, 1.82) is 5.26 Å². The number of Topliss-reactive ketones (excluding diaryl/α,β-unsaturated/α-hetero) is 1. The summed E-state index contributed by atoms with van der Waals surface area (Å²) in [5.74, 6) is -0.870. The lowest BCUT2D eigenvalue weighted by molar-refractivity contribution is 0.0991. The Hall–Kier alpha value is -1.58. The van der Waals surface area contributed by atoms with Crippen LogP contribution in [0.3, 0.4) is 0 Å². The molecule has 0 spiro atoms. The number of rotatable bonds is 3. The molecule has 1 aromatic carbocycles. The number of nitrogens with zero attached hydrogens (tertiary/aromatic N) is 2. The Labute approximate surface area is 140 Å². The van der Waals surface area contributed by atoms with E-state index < -0.39 is 10.6 Å². The first kappa shape index (κ1) is 17.5. The topological polar surface area (TPSA) is 53.8 Å². The van der Waals surface area contributed by atoms with Crippen molar-refractivity contribution < 1.29 is 9.18 Å². The van der Waals surface area contributed by atoms with E-state index in [0.29, 0.717) is 0 Å². The fraction of sp³-hybridized carbons (Fsp3) is 0.133. The van der Waals surface area contributed by atoms with Crippen molar-refractivity contribution >= 4 is 38.7 Å². The maximum Gasteiger partial charge on any atom is 0.181 e. The van der Waals surface area contributed by atoms with E-state index in [0.717, 1.165) is 17.3 Å². The predicted molar refractivity (Wildman–Crippen MR) is 86.4 cm³/mol. The van der Waals surface area contributed by atoms with Gasteiger partial charge in [-0.2, -0.15) is 5.26 Å². The monoisotopic (exact) mass is 412 g/mol. The smallest absolute Gasteiger partial charge is 0.181 e. The van der Waals surface area contributed by atoms with Gasteiger partial charge < -0.3 is 0 Å². The largest absolute Gasteiger partial charge is 0.293 e. The highest BCUT2D eigenvalue weighted by Gasteiger charge is 2.21. The molecular formula is C15H11Br2FN2O. The molecule has 0 radical (unpaired) electrons. The number of hydrogen-bond donors (Lipinski definition) is 0. The van der Waals surface area contributed by atoms with Gasteiger partial charge >= 0.3 is 0 Å². The molecule has 6 heteroatoms. The molecule has 0 saturated heterocycles. The molecule has 1 atom stereocenters. The van der Waals surface area contributed by atoms with E-state index >= 15 is 0 Å². The first-order valence-corrected chi connectivity index (χ1v) is 6.75. The number of hydrogen-bond acceptors (Lipinski definition) is 3. The molecule has 2 rings (SSSR count). The van der Waals surface area contributed by atoms with Gasteiger partial charge in [-0.3, -0.25) is 9.78 Å². The number of aromatic nitrogens is 1. The minimum absolute atomic E-state index is 0. The highest BCUT2D eigenvalue weighted by Crippen LogP contribution is 2.29. The van der Waals surface area contributed by atoms with E-state index in [1.165, 1.54) is 12.1 Å². The normalized spacial score (nSPS) is 11.1. The van der Waals surface area contributed by atoms with Crippen molar-refractivity contribution in [2.45, 2.75) is 11.8 Å². The summed E-state index contributed by atoms with van der Waals surface area (Å²) in [6, 6.07) is 9.03. The zero-order valence-corrected chi connectivity index (χ0v) is 14.3. The summed E-state index contributed by atoms with van der Waals surface area (Å²) >= 11 is 3.34. The highest BCUT2D eigenvalue weighted by molar-refractivity contribution is 9.09. The molecule has 0 unspecified atom stereocenters. The summed E-state index contributed by atoms with van der Waals surface area (Å²) in [6.45, 7) is 1.81. The van der Waals surface area contributed by atoms with Crippen molar-refractivity contribution in [2.75, 3.05) is 0 Å². The van der Waals surface area contributed by atoms with Gasteiger partial charge in [-0.25, -0.2) is 4.39 Å². The van der Waals surface area contributed by atoms with Gasteiger partial charge in [0.2, 0.25) is 0 Å². The number of halogens is 3. The van der Waals surface area contributed by atoms with Crippen LogP contribution in [0.25, 0.3) is 0 Å². The summed E-state index contributed by atoms with van der Waals surface area (Å²) in [5, 5.41) is 8.80. The van der Waals surface area contributed by atoms with E-state index in [-0.39, 0.29) is 33.9 Å². The van der Waals surface area contributed by atoms with Crippen LogP contribution < -0.4 is 0 Å². The van der Waals surface area contributed by atoms with Gasteiger partial charge in [0, 0.05) is 17.5 Å². The van der Waals surface area contributed by atoms with Crippen molar-refractivity contribution in [2.24, 2.45) is 0 Å². The van der Waals surface area contributed by atoms with Gasteiger partial charge in [0.25, 0.3) is 0 Å². The average Bonchev–Trinajstić information content (AvgIpc) is 2.47. The number of pyridine rings is 1. The Morgan fingerprint density at radius 3 is 2.76 bits per heavy atom. The summed E-state index contributed by atoms with van der Waals surface area (Å²) in [7, 11) is 0. The summed E-state index contributed by atoms with van der Waals surface area (Å²) in [5.41, 5.74) is 1.64. The van der Waals surface area contributed by atoms with Crippen LogP contribution in [0, 0.1) is 24.1 Å². The molecule has 1 aromatic heterocycles. The summed E-state index contributed by atoms with van der Waals surface area (Å²) in [4.78, 5) is 15.9. The van der Waals surface area contributed by atoms with Gasteiger partial charge in [-0.1, -0.05) is 22.0 Å². The van der Waals surface area contributed by atoms with Gasteiger partial charge in [0.1, 0.15) is 16.7 Å². The van der Waals surface area contributed by atoms with Crippen molar-refractivity contribution in [3.63, 3.8) is 0 Å². The molecule has 0 aliphatic rings. The Morgan fingerprint density at radius 2 is 2.14 bits per heavy atom. The van der Waals surface area contributed by atoms with E-state index in [2.05, 4.69) is 20.9 Å². The second-order valence-electron chi connectivity index (χ2n) is 4.21. The summed E-state index contributed by atoms with van der Waals surface area (Å²) < 4.78 is 13.3. The minimum atomic E-state index is -0.632. The molecule has 0 bridgehead atoms. The highest BCUT2D eigenvalue weighted by atomic mass is 79.9. The molecule has 1 heterocycles. The fourth-order valence-corrected chi connectivity index (χ4v) is 2.56. The van der Waals surface area contributed by atoms with Crippen molar-refractivity contribution in [3.05, 3.63) is 64.7 Å². The van der Waals surface area contributed by atoms with Crippen LogP contribution >= 0.6 is 32.9 Å². The second-order valence-corrected chi connectivity index (χ2v) is 5.13. The molecule has 0 N–H and O–H groups in total. The third-order valence-electron chi connectivity index (χ3n) is 2.92. The lowest BCUT2D eigenvalue weighted by atomic mass is 10.0. The van der Waals surface area contributed by atoms with Crippen LogP contribution in [-0.4, -0.2) is 10.8 Å². The minimum Gasteiger partial charge on any atom is -0.293 e. The number of carbonyl (C=O) groups is 1. The van der Waals surface area contributed by atoms with Gasteiger partial charge in [0.05, 0.1) is 5.56 Å². The predicted octanol–water partition coefficient (Wildman–Crippen LogP) is 4.30. The number of benzene rings is 1. The summed E-state index contributed by atoms with van der Waals surface area (Å²) in [6.07, 6.45) is 1.65. The first-order chi connectivity index (χ1) is 9.54. The Morgan fingerprint density at radius 1 is 1.43 bits per heavy atom. The molecule has 108 valence electrons. The lowest BCUT2D eigenvalue weighted by Crippen LogP contribution is -2.09. The Kier molecular flexibility index (Phi) is 6.19. The van der Waals surface area contributed by atoms with Crippen LogP contribution in [0.1, 0.15) is 32.0 Å². The zero-order chi connectivity index (χ0) is 14.7. The molecule has 0 saturated carbocycles. The SMILES string of the molecule is Br.Cc1ncccc1[C@H](Br)C(=O)c1ccc(F)c(C#N)c1. The van der Waals surface area contributed by atoms with E-state index in [4.69, 9.17) is 5.26 Å². The molecule has 0 fully saturated rings.